The third kappa shape index (κ3) is 3.04. The zero-order chi connectivity index (χ0) is 24.7. The lowest BCUT2D eigenvalue weighted by atomic mass is 9.70. The van der Waals surface area contributed by atoms with Crippen molar-refractivity contribution < 1.29 is 9.59 Å². The molecule has 34 heavy (non-hydrogen) atoms. The Labute approximate surface area is 210 Å². The summed E-state index contributed by atoms with van der Waals surface area (Å²) in [6.45, 7) is 14.6. The molecule has 1 aromatic rings. The Morgan fingerprint density at radius 1 is 0.853 bits per heavy atom. The molecular weight excluding hydrogens is 440 g/mol. The lowest BCUT2D eigenvalue weighted by Crippen LogP contribution is -2.47. The normalized spacial score (nSPS) is 39.0. The van der Waals surface area contributed by atoms with Crippen LogP contribution in [-0.4, -0.2) is 34.7 Å². The lowest BCUT2D eigenvalue weighted by molar-refractivity contribution is -0.132. The van der Waals surface area contributed by atoms with E-state index in [2.05, 4.69) is 51.8 Å². The fraction of sp³-hybridized carbons (Fsp3) is 0.690. The van der Waals surface area contributed by atoms with E-state index >= 15 is 0 Å². The summed E-state index contributed by atoms with van der Waals surface area (Å²) >= 11 is 5.94. The second kappa shape index (κ2) is 7.62. The minimum atomic E-state index is -0.250. The molecule has 1 N–H and O–H groups in total. The number of benzene rings is 1. The highest BCUT2D eigenvalue weighted by atomic mass is 32.1. The number of hydrogen-bond donors (Lipinski definition) is 1. The highest BCUT2D eigenvalue weighted by Crippen LogP contribution is 2.67. The van der Waals surface area contributed by atoms with Crippen LogP contribution in [0, 0.1) is 45.3 Å². The number of anilines is 1. The zero-order valence-corrected chi connectivity index (χ0v) is 22.4. The lowest BCUT2D eigenvalue weighted by Gasteiger charge is -2.36. The average molecular weight is 481 g/mol. The molecule has 184 valence electrons. The van der Waals surface area contributed by atoms with Crippen molar-refractivity contribution in [3.8, 4) is 0 Å². The third-order valence-corrected chi connectivity index (χ3v) is 11.8. The van der Waals surface area contributed by atoms with Gasteiger partial charge in [-0.2, -0.15) is 0 Å². The molecule has 0 unspecified atom stereocenters. The van der Waals surface area contributed by atoms with Crippen LogP contribution < -0.4 is 5.32 Å². The summed E-state index contributed by atoms with van der Waals surface area (Å²) in [6.07, 6.45) is 4.18. The van der Waals surface area contributed by atoms with Crippen LogP contribution in [0.2, 0.25) is 0 Å². The summed E-state index contributed by atoms with van der Waals surface area (Å²) in [4.78, 5) is 29.5. The number of nitrogens with zero attached hydrogens (tertiary/aromatic N) is 1. The molecule has 0 aliphatic heterocycles. The maximum atomic E-state index is 13.6. The van der Waals surface area contributed by atoms with Gasteiger partial charge in [0.1, 0.15) is 11.6 Å². The smallest absolute Gasteiger partial charge is 0.173 e. The van der Waals surface area contributed by atoms with Crippen molar-refractivity contribution >= 4 is 34.6 Å². The van der Waals surface area contributed by atoms with Gasteiger partial charge in [0.15, 0.2) is 5.11 Å². The van der Waals surface area contributed by atoms with Gasteiger partial charge >= 0.3 is 0 Å². The Hall–Kier alpha value is -1.75. The van der Waals surface area contributed by atoms with Crippen molar-refractivity contribution in [2.24, 2.45) is 45.3 Å². The standard InChI is InChI=1S/C29H40N2O2S/c1-26(2)21-12-14-28(26,5)23(32)19(21)16-31(25(34)30-18-10-8-7-9-11-18)17-20-22-13-15-29(6,24(20)33)27(22,3)4/h7-11,19-22H,12-17H2,1-6H3,(H,30,34)/t19-,20+,21-,22+,28-,29-/m1/s1. The van der Waals surface area contributed by atoms with E-state index in [0.717, 1.165) is 31.4 Å². The van der Waals surface area contributed by atoms with Gasteiger partial charge < -0.3 is 10.2 Å². The minimum Gasteiger partial charge on any atom is -0.348 e. The fourth-order valence-corrected chi connectivity index (χ4v) is 8.67. The highest BCUT2D eigenvalue weighted by Gasteiger charge is 2.68. The molecule has 0 amide bonds. The second-order valence-electron chi connectivity index (χ2n) is 13.0. The maximum absolute atomic E-state index is 13.6. The average Bonchev–Trinajstić information content (AvgIpc) is 3.26. The SMILES string of the molecule is CC1(C)[C@@H]2CC[C@]1(C)C(=O)[C@@H]2CN(C[C@@H]1C(=O)[C@@]2(C)CC[C@@H]1C2(C)C)C(=S)Nc1ccccc1. The Bertz CT molecular complexity index is 978. The summed E-state index contributed by atoms with van der Waals surface area (Å²) < 4.78 is 0. The summed E-state index contributed by atoms with van der Waals surface area (Å²) in [5, 5.41) is 4.03. The molecule has 0 saturated heterocycles. The number of Topliss-reactive ketones (excluding diaryl/α,β-unsaturated/α-hetero) is 2. The van der Waals surface area contributed by atoms with Gasteiger partial charge in [0, 0.05) is 41.4 Å². The Kier molecular flexibility index (Phi) is 5.37. The van der Waals surface area contributed by atoms with Crippen LogP contribution in [0.5, 0.6) is 0 Å². The third-order valence-electron chi connectivity index (χ3n) is 11.5. The molecule has 0 spiro atoms. The van der Waals surface area contributed by atoms with Crippen LogP contribution >= 0.6 is 12.2 Å². The number of ketones is 2. The largest absolute Gasteiger partial charge is 0.348 e. The molecule has 5 heteroatoms. The first kappa shape index (κ1) is 24.0. The first-order valence-electron chi connectivity index (χ1n) is 13.0. The quantitative estimate of drug-likeness (QED) is 0.526. The van der Waals surface area contributed by atoms with Crippen molar-refractivity contribution in [2.75, 3.05) is 18.4 Å². The molecule has 0 heterocycles. The van der Waals surface area contributed by atoms with Gasteiger partial charge in [-0.05, 0) is 72.7 Å². The van der Waals surface area contributed by atoms with Crippen LogP contribution in [0.15, 0.2) is 30.3 Å². The second-order valence-corrected chi connectivity index (χ2v) is 13.4. The highest BCUT2D eigenvalue weighted by molar-refractivity contribution is 7.80. The summed E-state index contributed by atoms with van der Waals surface area (Å²) in [6, 6.07) is 9.97. The van der Waals surface area contributed by atoms with Crippen molar-refractivity contribution in [3.63, 3.8) is 0 Å². The van der Waals surface area contributed by atoms with E-state index in [4.69, 9.17) is 12.2 Å². The molecule has 5 rings (SSSR count). The van der Waals surface area contributed by atoms with E-state index in [9.17, 15) is 9.59 Å². The van der Waals surface area contributed by atoms with E-state index < -0.39 is 0 Å². The van der Waals surface area contributed by atoms with Gasteiger partial charge in [-0.15, -0.1) is 0 Å². The van der Waals surface area contributed by atoms with Crippen LogP contribution in [0.4, 0.5) is 5.69 Å². The molecule has 4 aliphatic carbocycles. The monoisotopic (exact) mass is 480 g/mol. The molecule has 0 radical (unpaired) electrons. The molecule has 6 atom stereocenters. The zero-order valence-electron chi connectivity index (χ0n) is 21.6. The number of nitrogens with one attached hydrogen (secondary N) is 1. The first-order chi connectivity index (χ1) is 15.8. The van der Waals surface area contributed by atoms with E-state index in [1.54, 1.807) is 0 Å². The molecule has 4 nitrogen and oxygen atoms in total. The topological polar surface area (TPSA) is 49.4 Å². The maximum Gasteiger partial charge on any atom is 0.173 e. The van der Waals surface area contributed by atoms with E-state index in [1.165, 1.54) is 0 Å². The Morgan fingerprint density at radius 2 is 1.29 bits per heavy atom. The van der Waals surface area contributed by atoms with Gasteiger partial charge in [-0.1, -0.05) is 59.7 Å². The fourth-order valence-electron chi connectivity index (χ4n) is 8.41. The van der Waals surface area contributed by atoms with Gasteiger partial charge in [0.25, 0.3) is 0 Å². The molecule has 4 fully saturated rings. The number of hydrogen-bond acceptors (Lipinski definition) is 3. The predicted molar refractivity (Wildman–Crippen MR) is 140 cm³/mol. The summed E-state index contributed by atoms with van der Waals surface area (Å²) in [7, 11) is 0. The van der Waals surface area contributed by atoms with E-state index in [1.807, 2.05) is 30.3 Å². The molecule has 4 bridgehead atoms. The number of fused-ring (bicyclic) bond motifs is 4. The molecule has 4 saturated carbocycles. The minimum absolute atomic E-state index is 0.00656. The van der Waals surface area contributed by atoms with Gasteiger partial charge in [0.05, 0.1) is 0 Å². The van der Waals surface area contributed by atoms with Crippen LogP contribution in [0.1, 0.15) is 67.2 Å². The van der Waals surface area contributed by atoms with Crippen LogP contribution in [0.25, 0.3) is 0 Å². The first-order valence-corrected chi connectivity index (χ1v) is 13.4. The number of carbonyl (C=O) groups is 2. The molecular formula is C29H40N2O2S. The van der Waals surface area contributed by atoms with Gasteiger partial charge in [-0.3, -0.25) is 9.59 Å². The van der Waals surface area contributed by atoms with Crippen molar-refractivity contribution in [1.82, 2.24) is 4.90 Å². The van der Waals surface area contributed by atoms with Crippen molar-refractivity contribution in [1.29, 1.82) is 0 Å². The molecule has 1 aromatic carbocycles. The van der Waals surface area contributed by atoms with Gasteiger partial charge in [0.2, 0.25) is 0 Å². The summed E-state index contributed by atoms with van der Waals surface area (Å²) in [5.41, 5.74) is 0.454. The molecule has 4 aliphatic rings. The van der Waals surface area contributed by atoms with E-state index in [0.29, 0.717) is 41.6 Å². The van der Waals surface area contributed by atoms with E-state index in [-0.39, 0.29) is 33.5 Å². The number of carbonyl (C=O) groups excluding carboxylic acids is 2. The number of thiocarbonyl (C=S) groups is 1. The number of para-hydroxylation sites is 1. The van der Waals surface area contributed by atoms with Crippen LogP contribution in [0.3, 0.4) is 0 Å². The van der Waals surface area contributed by atoms with Crippen LogP contribution in [-0.2, 0) is 9.59 Å². The Balaban J connectivity index is 1.43. The number of rotatable bonds is 5. The Morgan fingerprint density at radius 3 is 1.68 bits per heavy atom. The van der Waals surface area contributed by atoms with Crippen molar-refractivity contribution in [3.05, 3.63) is 30.3 Å². The summed E-state index contributed by atoms with van der Waals surface area (Å²) in [5.74, 6) is 1.48. The van der Waals surface area contributed by atoms with Crippen molar-refractivity contribution in [2.45, 2.75) is 67.2 Å². The molecule has 0 aromatic heterocycles. The van der Waals surface area contributed by atoms with Gasteiger partial charge in [-0.25, -0.2) is 0 Å². The predicted octanol–water partition coefficient (Wildman–Crippen LogP) is 5.97.